The van der Waals surface area contributed by atoms with Crippen LogP contribution in [0.2, 0.25) is 0 Å². The molecule has 1 aliphatic heterocycles. The molecule has 1 heterocycles. The largest absolute Gasteiger partial charge is 0.415 e. The minimum absolute atomic E-state index is 0.311. The fraction of sp³-hybridized carbons (Fsp3) is 0.600. The van der Waals surface area contributed by atoms with Gasteiger partial charge in [0.25, 0.3) is 0 Å². The summed E-state index contributed by atoms with van der Waals surface area (Å²) in [5, 5.41) is 9.15. The van der Waals surface area contributed by atoms with Gasteiger partial charge in [0.2, 0.25) is 0 Å². The van der Waals surface area contributed by atoms with Gasteiger partial charge in [0, 0.05) is 13.1 Å². The zero-order valence-corrected chi connectivity index (χ0v) is 11.3. The van der Waals surface area contributed by atoms with Crippen molar-refractivity contribution in [3.05, 3.63) is 35.9 Å². The molecule has 1 fully saturated rings. The van der Waals surface area contributed by atoms with Crippen LogP contribution in [0.4, 0.5) is 13.2 Å². The lowest BCUT2D eigenvalue weighted by Crippen LogP contribution is -2.45. The number of halogens is 3. The molecule has 5 heteroatoms. The summed E-state index contributed by atoms with van der Waals surface area (Å²) >= 11 is 0. The average molecular weight is 287 g/mol. The Morgan fingerprint density at radius 1 is 1.25 bits per heavy atom. The van der Waals surface area contributed by atoms with Gasteiger partial charge >= 0.3 is 6.18 Å². The van der Waals surface area contributed by atoms with Gasteiger partial charge in [0.15, 0.2) is 6.10 Å². The maximum atomic E-state index is 12.4. The van der Waals surface area contributed by atoms with Crippen molar-refractivity contribution in [3.63, 3.8) is 0 Å². The molecule has 1 N–H and O–H groups in total. The van der Waals surface area contributed by atoms with Crippen molar-refractivity contribution in [1.82, 2.24) is 4.90 Å². The van der Waals surface area contributed by atoms with E-state index in [1.807, 2.05) is 30.3 Å². The summed E-state index contributed by atoms with van der Waals surface area (Å²) in [7, 11) is 0. The fourth-order valence-corrected chi connectivity index (χ4v) is 2.78. The molecule has 1 saturated heterocycles. The number of hydrogen-bond donors (Lipinski definition) is 1. The average Bonchev–Trinajstić information content (AvgIpc) is 2.39. The quantitative estimate of drug-likeness (QED) is 0.920. The van der Waals surface area contributed by atoms with Gasteiger partial charge < -0.3 is 10.0 Å². The zero-order chi connectivity index (χ0) is 14.6. The van der Waals surface area contributed by atoms with Crippen LogP contribution in [-0.4, -0.2) is 41.9 Å². The van der Waals surface area contributed by atoms with E-state index >= 15 is 0 Å². The van der Waals surface area contributed by atoms with Gasteiger partial charge in [0.05, 0.1) is 0 Å². The third-order valence-corrected chi connectivity index (χ3v) is 3.78. The number of alkyl halides is 3. The number of aliphatic hydroxyl groups is 1. The monoisotopic (exact) mass is 287 g/mol. The molecule has 2 atom stereocenters. The van der Waals surface area contributed by atoms with E-state index in [1.54, 1.807) is 4.90 Å². The lowest BCUT2D eigenvalue weighted by molar-refractivity contribution is -0.209. The first-order chi connectivity index (χ1) is 9.45. The van der Waals surface area contributed by atoms with Gasteiger partial charge in [-0.05, 0) is 37.3 Å². The molecule has 0 bridgehead atoms. The van der Waals surface area contributed by atoms with E-state index in [2.05, 4.69) is 0 Å². The van der Waals surface area contributed by atoms with Gasteiger partial charge in [-0.1, -0.05) is 30.3 Å². The van der Waals surface area contributed by atoms with Crippen molar-refractivity contribution in [3.8, 4) is 0 Å². The molecule has 0 amide bonds. The number of benzene rings is 1. The Morgan fingerprint density at radius 3 is 2.60 bits per heavy atom. The summed E-state index contributed by atoms with van der Waals surface area (Å²) in [5.41, 5.74) is 1.22. The summed E-state index contributed by atoms with van der Waals surface area (Å²) in [6.45, 7) is 0.954. The molecule has 20 heavy (non-hydrogen) atoms. The van der Waals surface area contributed by atoms with Crippen LogP contribution in [0.3, 0.4) is 0 Å². The summed E-state index contributed by atoms with van der Waals surface area (Å²) in [5.74, 6) is 0.367. The molecule has 2 nitrogen and oxygen atoms in total. The molecule has 1 aromatic rings. The molecular formula is C15H20F3NO. The molecule has 2 rings (SSSR count). The smallest absolute Gasteiger partial charge is 0.382 e. The van der Waals surface area contributed by atoms with Crippen LogP contribution in [-0.2, 0) is 6.42 Å². The number of nitrogens with zero attached hydrogens (tertiary/aromatic N) is 1. The van der Waals surface area contributed by atoms with Crippen molar-refractivity contribution in [2.45, 2.75) is 31.5 Å². The number of aliphatic hydroxyl groups excluding tert-OH is 1. The van der Waals surface area contributed by atoms with Gasteiger partial charge in [-0.3, -0.25) is 0 Å². The molecule has 0 saturated carbocycles. The maximum absolute atomic E-state index is 12.4. The van der Waals surface area contributed by atoms with E-state index < -0.39 is 12.3 Å². The van der Waals surface area contributed by atoms with Crippen LogP contribution in [0.15, 0.2) is 30.3 Å². The second kappa shape index (κ2) is 6.59. The SMILES string of the molecule is O[C@@H](CN1CCCC(Cc2ccccc2)C1)C(F)(F)F. The van der Waals surface area contributed by atoms with Crippen molar-refractivity contribution in [1.29, 1.82) is 0 Å². The first-order valence-electron chi connectivity index (χ1n) is 6.96. The summed E-state index contributed by atoms with van der Waals surface area (Å²) in [4.78, 5) is 1.73. The van der Waals surface area contributed by atoms with E-state index in [0.717, 1.165) is 19.3 Å². The molecule has 0 radical (unpaired) electrons. The Balaban J connectivity index is 1.86. The molecule has 112 valence electrons. The summed E-state index contributed by atoms with van der Waals surface area (Å²) < 4.78 is 37.1. The zero-order valence-electron chi connectivity index (χ0n) is 11.3. The van der Waals surface area contributed by atoms with Crippen LogP contribution < -0.4 is 0 Å². The lowest BCUT2D eigenvalue weighted by Gasteiger charge is -2.34. The van der Waals surface area contributed by atoms with E-state index in [1.165, 1.54) is 5.56 Å². The predicted octanol–water partition coefficient (Wildman–Crippen LogP) is 2.86. The van der Waals surface area contributed by atoms with Crippen molar-refractivity contribution in [2.24, 2.45) is 5.92 Å². The van der Waals surface area contributed by atoms with Gasteiger partial charge in [0.1, 0.15) is 0 Å². The highest BCUT2D eigenvalue weighted by molar-refractivity contribution is 5.15. The van der Waals surface area contributed by atoms with Crippen LogP contribution in [0.5, 0.6) is 0 Å². The fourth-order valence-electron chi connectivity index (χ4n) is 2.78. The first-order valence-corrected chi connectivity index (χ1v) is 6.96. The molecule has 1 aromatic carbocycles. The summed E-state index contributed by atoms with van der Waals surface area (Å²) in [6, 6.07) is 10.00. The molecule has 0 aromatic heterocycles. The normalized spacial score (nSPS) is 22.7. The standard InChI is InChI=1S/C15H20F3NO/c16-15(17,18)14(20)11-19-8-4-7-13(10-19)9-12-5-2-1-3-6-12/h1-3,5-6,13-14,20H,4,7-11H2/t13?,14-/m0/s1. The van der Waals surface area contributed by atoms with Crippen molar-refractivity contribution in [2.75, 3.05) is 19.6 Å². The van der Waals surface area contributed by atoms with E-state index in [4.69, 9.17) is 5.11 Å². The maximum Gasteiger partial charge on any atom is 0.415 e. The number of rotatable bonds is 4. The molecular weight excluding hydrogens is 267 g/mol. The lowest BCUT2D eigenvalue weighted by atomic mass is 9.91. The number of hydrogen-bond acceptors (Lipinski definition) is 2. The number of piperidine rings is 1. The Morgan fingerprint density at radius 2 is 1.95 bits per heavy atom. The molecule has 1 unspecified atom stereocenters. The van der Waals surface area contributed by atoms with Crippen LogP contribution in [0.25, 0.3) is 0 Å². The molecule has 0 spiro atoms. The van der Waals surface area contributed by atoms with E-state index in [-0.39, 0.29) is 6.54 Å². The third-order valence-electron chi connectivity index (χ3n) is 3.78. The highest BCUT2D eigenvalue weighted by Crippen LogP contribution is 2.24. The highest BCUT2D eigenvalue weighted by Gasteiger charge is 2.39. The topological polar surface area (TPSA) is 23.5 Å². The predicted molar refractivity (Wildman–Crippen MR) is 71.4 cm³/mol. The number of β-amino-alcohol motifs (C(OH)–C–C–N with tert-alkyl or cyclic N) is 1. The van der Waals surface area contributed by atoms with Gasteiger partial charge in [-0.2, -0.15) is 13.2 Å². The Bertz CT molecular complexity index is 407. The molecule has 1 aliphatic rings. The highest BCUT2D eigenvalue weighted by atomic mass is 19.4. The van der Waals surface area contributed by atoms with Crippen molar-refractivity contribution >= 4 is 0 Å². The Kier molecular flexibility index (Phi) is 5.05. The van der Waals surface area contributed by atoms with Gasteiger partial charge in [-0.15, -0.1) is 0 Å². The van der Waals surface area contributed by atoms with Crippen LogP contribution >= 0.6 is 0 Å². The van der Waals surface area contributed by atoms with E-state index in [9.17, 15) is 13.2 Å². The first kappa shape index (κ1) is 15.3. The minimum Gasteiger partial charge on any atom is -0.382 e. The Hall–Kier alpha value is -1.07. The van der Waals surface area contributed by atoms with Crippen molar-refractivity contribution < 1.29 is 18.3 Å². The third kappa shape index (κ3) is 4.49. The van der Waals surface area contributed by atoms with Crippen LogP contribution in [0.1, 0.15) is 18.4 Å². The second-order valence-corrected chi connectivity index (χ2v) is 5.51. The number of likely N-dealkylation sites (tertiary alicyclic amines) is 1. The summed E-state index contributed by atoms with van der Waals surface area (Å²) in [6.07, 6.45) is -3.94. The van der Waals surface area contributed by atoms with Gasteiger partial charge in [-0.25, -0.2) is 0 Å². The van der Waals surface area contributed by atoms with E-state index in [0.29, 0.717) is 19.0 Å². The Labute approximate surface area is 117 Å². The van der Waals surface area contributed by atoms with Crippen LogP contribution in [0, 0.1) is 5.92 Å². The minimum atomic E-state index is -4.52. The molecule has 0 aliphatic carbocycles. The second-order valence-electron chi connectivity index (χ2n) is 5.51.